The van der Waals surface area contributed by atoms with Gasteiger partial charge >= 0.3 is 0 Å². The van der Waals surface area contributed by atoms with Crippen LogP contribution in [0.15, 0.2) is 30.3 Å². The Labute approximate surface area is 131 Å². The third kappa shape index (κ3) is 3.16. The van der Waals surface area contributed by atoms with Crippen molar-refractivity contribution in [2.45, 2.75) is 38.1 Å². The molecule has 0 spiro atoms. The summed E-state index contributed by atoms with van der Waals surface area (Å²) >= 11 is 0. The average Bonchev–Trinajstić information content (AvgIpc) is 3.31. The number of rotatable bonds is 4. The normalized spacial score (nSPS) is 29.1. The first-order valence-electron chi connectivity index (χ1n) is 8.15. The van der Waals surface area contributed by atoms with Crippen LogP contribution in [0, 0.1) is 11.8 Å². The minimum Gasteiger partial charge on any atom is -0.353 e. The molecule has 0 aromatic heterocycles. The molecular weight excluding hydrogens is 276 g/mol. The van der Waals surface area contributed by atoms with Gasteiger partial charge in [-0.25, -0.2) is 0 Å². The molecule has 4 heteroatoms. The smallest absolute Gasteiger partial charge is 0.223 e. The molecule has 0 bridgehead atoms. The van der Waals surface area contributed by atoms with Crippen molar-refractivity contribution in [3.05, 3.63) is 35.9 Å². The van der Waals surface area contributed by atoms with E-state index in [2.05, 4.69) is 36.5 Å². The van der Waals surface area contributed by atoms with Crippen molar-refractivity contribution in [3.63, 3.8) is 0 Å². The Morgan fingerprint density at radius 3 is 2.73 bits per heavy atom. The average molecular weight is 300 g/mol. The van der Waals surface area contributed by atoms with Crippen molar-refractivity contribution in [1.82, 2.24) is 10.2 Å². The third-order valence-corrected chi connectivity index (χ3v) is 5.11. The van der Waals surface area contributed by atoms with Crippen LogP contribution >= 0.6 is 0 Å². The van der Waals surface area contributed by atoms with E-state index in [1.165, 1.54) is 5.56 Å². The van der Waals surface area contributed by atoms with Crippen LogP contribution in [0.5, 0.6) is 0 Å². The second-order valence-electron chi connectivity index (χ2n) is 6.72. The molecule has 0 unspecified atom stereocenters. The Kier molecular flexibility index (Phi) is 4.19. The second kappa shape index (κ2) is 6.11. The van der Waals surface area contributed by atoms with Gasteiger partial charge in [-0.1, -0.05) is 30.3 Å². The summed E-state index contributed by atoms with van der Waals surface area (Å²) in [4.78, 5) is 25.8. The number of piperidine rings is 1. The van der Waals surface area contributed by atoms with Gasteiger partial charge < -0.3 is 10.2 Å². The maximum absolute atomic E-state index is 12.4. The molecule has 1 heterocycles. The van der Waals surface area contributed by atoms with E-state index < -0.39 is 0 Å². The lowest BCUT2D eigenvalue weighted by atomic mass is 9.95. The first kappa shape index (κ1) is 15.1. The van der Waals surface area contributed by atoms with Gasteiger partial charge in [0.15, 0.2) is 0 Å². The largest absolute Gasteiger partial charge is 0.353 e. The number of hydrogen-bond acceptors (Lipinski definition) is 2. The van der Waals surface area contributed by atoms with E-state index in [4.69, 9.17) is 0 Å². The van der Waals surface area contributed by atoms with Gasteiger partial charge in [0.25, 0.3) is 0 Å². The van der Waals surface area contributed by atoms with Crippen molar-refractivity contribution in [1.29, 1.82) is 0 Å². The quantitative estimate of drug-likeness (QED) is 0.926. The summed E-state index contributed by atoms with van der Waals surface area (Å²) < 4.78 is 0. The van der Waals surface area contributed by atoms with Gasteiger partial charge in [-0.2, -0.15) is 0 Å². The van der Waals surface area contributed by atoms with Gasteiger partial charge in [-0.05, 0) is 37.2 Å². The maximum atomic E-state index is 12.4. The van der Waals surface area contributed by atoms with Crippen molar-refractivity contribution in [2.24, 2.45) is 11.8 Å². The molecule has 2 aliphatic rings. The van der Waals surface area contributed by atoms with Crippen LogP contribution in [-0.2, 0) is 9.59 Å². The summed E-state index contributed by atoms with van der Waals surface area (Å²) in [5.41, 5.74) is 1.36. The van der Waals surface area contributed by atoms with E-state index >= 15 is 0 Å². The molecule has 4 nitrogen and oxygen atoms in total. The Bertz CT molecular complexity index is 557. The number of nitrogens with zero attached hydrogens (tertiary/aromatic N) is 1. The molecule has 1 saturated carbocycles. The molecule has 22 heavy (non-hydrogen) atoms. The SMILES string of the molecule is C[C@H](NC(=O)[C@@H]1CCN(C)C(=O)C1)[C@H]1C[C@@H]1c1ccccc1. The number of carbonyl (C=O) groups is 2. The number of carbonyl (C=O) groups excluding carboxylic acids is 2. The van der Waals surface area contributed by atoms with Crippen LogP contribution in [0.2, 0.25) is 0 Å². The zero-order valence-corrected chi connectivity index (χ0v) is 13.3. The lowest BCUT2D eigenvalue weighted by molar-refractivity contribution is -0.139. The molecule has 1 saturated heterocycles. The fourth-order valence-electron chi connectivity index (χ4n) is 3.47. The van der Waals surface area contributed by atoms with E-state index in [1.807, 2.05) is 6.07 Å². The molecule has 2 fully saturated rings. The monoisotopic (exact) mass is 300 g/mol. The van der Waals surface area contributed by atoms with Gasteiger partial charge in [0, 0.05) is 32.0 Å². The van der Waals surface area contributed by atoms with Crippen LogP contribution < -0.4 is 5.32 Å². The molecule has 3 rings (SSSR count). The van der Waals surface area contributed by atoms with E-state index in [0.717, 1.165) is 12.8 Å². The van der Waals surface area contributed by atoms with E-state index in [0.29, 0.717) is 24.8 Å². The minimum absolute atomic E-state index is 0.0488. The molecule has 2 amide bonds. The van der Waals surface area contributed by atoms with Crippen LogP contribution in [0.4, 0.5) is 0 Å². The summed E-state index contributed by atoms with van der Waals surface area (Å²) in [6.07, 6.45) is 2.26. The van der Waals surface area contributed by atoms with Crippen LogP contribution in [0.3, 0.4) is 0 Å². The molecular formula is C18H24N2O2. The lowest BCUT2D eigenvalue weighted by Crippen LogP contribution is -2.44. The zero-order valence-electron chi connectivity index (χ0n) is 13.3. The second-order valence-corrected chi connectivity index (χ2v) is 6.72. The summed E-state index contributed by atoms with van der Waals surface area (Å²) in [6, 6.07) is 10.7. The Morgan fingerprint density at radius 1 is 1.32 bits per heavy atom. The number of likely N-dealkylation sites (tertiary alicyclic amines) is 1. The number of amides is 2. The molecule has 1 N–H and O–H groups in total. The number of hydrogen-bond donors (Lipinski definition) is 1. The summed E-state index contributed by atoms with van der Waals surface area (Å²) in [7, 11) is 1.80. The van der Waals surface area contributed by atoms with Gasteiger partial charge in [0.1, 0.15) is 0 Å². The molecule has 4 atom stereocenters. The van der Waals surface area contributed by atoms with Gasteiger partial charge in [0.2, 0.25) is 11.8 Å². The molecule has 1 aromatic carbocycles. The highest BCUT2D eigenvalue weighted by molar-refractivity contribution is 5.87. The van der Waals surface area contributed by atoms with E-state index in [-0.39, 0.29) is 23.8 Å². The van der Waals surface area contributed by atoms with Gasteiger partial charge in [0.05, 0.1) is 0 Å². The Morgan fingerprint density at radius 2 is 2.05 bits per heavy atom. The third-order valence-electron chi connectivity index (χ3n) is 5.11. The van der Waals surface area contributed by atoms with Crippen molar-refractivity contribution >= 4 is 11.8 Å². The standard InChI is InChI=1S/C18H24N2O2/c1-12(15-11-16(15)13-6-4-3-5-7-13)19-18(22)14-8-9-20(2)17(21)10-14/h3-7,12,14-16H,8-11H2,1-2H3,(H,19,22)/t12-,14+,15+,16+/m0/s1. The van der Waals surface area contributed by atoms with E-state index in [9.17, 15) is 9.59 Å². The van der Waals surface area contributed by atoms with Crippen LogP contribution in [-0.4, -0.2) is 36.3 Å². The maximum Gasteiger partial charge on any atom is 0.223 e. The first-order valence-corrected chi connectivity index (χ1v) is 8.15. The molecule has 1 aliphatic carbocycles. The summed E-state index contributed by atoms with van der Waals surface area (Å²) in [5.74, 6) is 1.06. The molecule has 0 radical (unpaired) electrons. The molecule has 118 valence electrons. The topological polar surface area (TPSA) is 49.4 Å². The predicted molar refractivity (Wildman–Crippen MR) is 85.3 cm³/mol. The number of nitrogens with one attached hydrogen (secondary N) is 1. The minimum atomic E-state index is -0.153. The van der Waals surface area contributed by atoms with Crippen LogP contribution in [0.1, 0.15) is 37.7 Å². The summed E-state index contributed by atoms with van der Waals surface area (Å²) in [6.45, 7) is 2.77. The fourth-order valence-corrected chi connectivity index (χ4v) is 3.47. The number of benzene rings is 1. The Hall–Kier alpha value is -1.84. The fraction of sp³-hybridized carbons (Fsp3) is 0.556. The molecule has 1 aromatic rings. The van der Waals surface area contributed by atoms with Gasteiger partial charge in [-0.3, -0.25) is 9.59 Å². The zero-order chi connectivity index (χ0) is 15.7. The highest BCUT2D eigenvalue weighted by Crippen LogP contribution is 2.49. The van der Waals surface area contributed by atoms with Crippen LogP contribution in [0.25, 0.3) is 0 Å². The lowest BCUT2D eigenvalue weighted by Gasteiger charge is -2.29. The summed E-state index contributed by atoms with van der Waals surface area (Å²) in [5, 5.41) is 3.14. The Balaban J connectivity index is 1.51. The van der Waals surface area contributed by atoms with Crippen molar-refractivity contribution in [2.75, 3.05) is 13.6 Å². The molecule has 1 aliphatic heterocycles. The van der Waals surface area contributed by atoms with E-state index in [1.54, 1.807) is 11.9 Å². The highest BCUT2D eigenvalue weighted by atomic mass is 16.2. The predicted octanol–water partition coefficient (Wildman–Crippen LogP) is 2.16. The first-order chi connectivity index (χ1) is 10.6. The van der Waals surface area contributed by atoms with Gasteiger partial charge in [-0.15, -0.1) is 0 Å². The van der Waals surface area contributed by atoms with Crippen molar-refractivity contribution < 1.29 is 9.59 Å². The van der Waals surface area contributed by atoms with Crippen molar-refractivity contribution in [3.8, 4) is 0 Å². The highest BCUT2D eigenvalue weighted by Gasteiger charge is 2.43.